The molecule has 0 spiro atoms. The highest BCUT2D eigenvalue weighted by Gasteiger charge is 2.56. The third-order valence-electron chi connectivity index (χ3n) is 9.82. The second-order valence-corrected chi connectivity index (χ2v) is 13.9. The van der Waals surface area contributed by atoms with Crippen molar-refractivity contribution in [2.24, 2.45) is 17.8 Å². The normalized spacial score (nSPS) is 23.1. The van der Waals surface area contributed by atoms with Crippen LogP contribution in [0.2, 0.25) is 0 Å². The van der Waals surface area contributed by atoms with Crippen molar-refractivity contribution in [2.75, 3.05) is 20.3 Å². The van der Waals surface area contributed by atoms with Gasteiger partial charge in [-0.2, -0.15) is 0 Å². The van der Waals surface area contributed by atoms with E-state index < -0.39 is 23.9 Å². The molecule has 2 fully saturated rings. The number of phenols is 1. The van der Waals surface area contributed by atoms with E-state index in [1.807, 2.05) is 36.4 Å². The van der Waals surface area contributed by atoms with E-state index in [9.17, 15) is 24.9 Å². The predicted molar refractivity (Wildman–Crippen MR) is 185 cm³/mol. The lowest BCUT2D eigenvalue weighted by molar-refractivity contribution is -0.143. The third-order valence-corrected chi connectivity index (χ3v) is 10.6. The number of fused-ring (bicyclic) bond motifs is 1. The van der Waals surface area contributed by atoms with Crippen molar-refractivity contribution in [1.29, 1.82) is 0 Å². The molecular weight excluding hydrogens is 697 g/mol. The molecule has 46 heavy (non-hydrogen) atoms. The molecule has 1 aliphatic heterocycles. The third kappa shape index (κ3) is 7.47. The Bertz CT molecular complexity index is 1450. The molecule has 3 aliphatic rings. The van der Waals surface area contributed by atoms with Crippen molar-refractivity contribution >= 4 is 40.5 Å². The maximum atomic E-state index is 14.0. The van der Waals surface area contributed by atoms with Gasteiger partial charge in [-0.15, -0.1) is 0 Å². The summed E-state index contributed by atoms with van der Waals surface area (Å²) < 4.78 is 12.2. The number of aliphatic hydroxyl groups excluding tert-OH is 2. The largest absolute Gasteiger partial charge is 0.504 e. The summed E-state index contributed by atoms with van der Waals surface area (Å²) in [4.78, 5) is 29.3. The van der Waals surface area contributed by atoms with E-state index in [1.165, 1.54) is 12.0 Å². The maximum Gasteiger partial charge on any atom is 0.234 e. The molecule has 2 aromatic rings. The van der Waals surface area contributed by atoms with Crippen LogP contribution < -0.4 is 9.47 Å². The number of likely N-dealkylation sites (tertiary alicyclic amines) is 1. The Hall–Kier alpha value is -2.89. The number of imide groups is 1. The summed E-state index contributed by atoms with van der Waals surface area (Å²) in [5, 5.41) is 33.0. The minimum absolute atomic E-state index is 0.0839. The minimum atomic E-state index is -0.922. The second-order valence-electron chi connectivity index (χ2n) is 12.8. The van der Waals surface area contributed by atoms with E-state index in [4.69, 9.17) is 9.47 Å². The van der Waals surface area contributed by atoms with Crippen molar-refractivity contribution in [2.45, 2.75) is 83.3 Å². The number of methoxy groups -OCH3 is 1. The van der Waals surface area contributed by atoms with E-state index in [0.717, 1.165) is 61.7 Å². The predicted octanol–water partition coefficient (Wildman–Crippen LogP) is 6.65. The number of halogens is 1. The summed E-state index contributed by atoms with van der Waals surface area (Å²) in [5.74, 6) is -1.04. The number of benzene rings is 2. The first-order valence-corrected chi connectivity index (χ1v) is 17.7. The average Bonchev–Trinajstić information content (AvgIpc) is 3.32. The van der Waals surface area contributed by atoms with Crippen LogP contribution in [-0.4, -0.2) is 64.5 Å². The number of amides is 2. The molecule has 8 nitrogen and oxygen atoms in total. The fraction of sp³-hybridized carbons (Fsp3) is 0.514. The van der Waals surface area contributed by atoms with E-state index in [0.29, 0.717) is 39.9 Å². The van der Waals surface area contributed by atoms with Crippen molar-refractivity contribution in [3.05, 3.63) is 68.3 Å². The number of carbonyl (C=O) groups is 2. The smallest absolute Gasteiger partial charge is 0.234 e. The Labute approximate surface area is 285 Å². The number of allylic oxidation sites excluding steroid dienone is 1. The van der Waals surface area contributed by atoms with Crippen molar-refractivity contribution < 1.29 is 34.4 Å². The maximum absolute atomic E-state index is 14.0. The quantitative estimate of drug-likeness (QED) is 0.120. The number of aliphatic hydroxyl groups is 2. The zero-order chi connectivity index (χ0) is 32.8. The standard InChI is InChI=1S/C37H46INO7/c1-3-10-23(17-24-18-30(38)35(42)32(19-24)45-2)15-16-31(41)33-25(22-46-27-13-8-5-9-14-27)20-28-34(29(33)21-40)37(44)39(36(28)43)26-11-6-4-7-12-26/h5,8-9,13-14,17-19,26,28-29,31,34,40-42H,3-4,6-7,10-12,15-16,20-22H2,1-2H3/b23-17+/t28-,29+,31-,34-/m1/s1. The van der Waals surface area contributed by atoms with Gasteiger partial charge in [-0.05, 0) is 102 Å². The first kappa shape index (κ1) is 34.4. The van der Waals surface area contributed by atoms with Crippen LogP contribution in [-0.2, 0) is 9.59 Å². The first-order chi connectivity index (χ1) is 22.3. The van der Waals surface area contributed by atoms with Crippen LogP contribution in [0.5, 0.6) is 17.2 Å². The van der Waals surface area contributed by atoms with Gasteiger partial charge >= 0.3 is 0 Å². The van der Waals surface area contributed by atoms with Crippen LogP contribution >= 0.6 is 22.6 Å². The number of hydrogen-bond acceptors (Lipinski definition) is 7. The van der Waals surface area contributed by atoms with Gasteiger partial charge in [0.25, 0.3) is 0 Å². The molecule has 1 heterocycles. The summed E-state index contributed by atoms with van der Waals surface area (Å²) >= 11 is 2.08. The molecule has 248 valence electrons. The Morgan fingerprint density at radius 2 is 1.83 bits per heavy atom. The van der Waals surface area contributed by atoms with Gasteiger partial charge in [-0.3, -0.25) is 14.5 Å². The molecule has 5 rings (SSSR count). The molecule has 0 unspecified atom stereocenters. The highest BCUT2D eigenvalue weighted by Crippen LogP contribution is 2.48. The number of carbonyl (C=O) groups excluding carboxylic acids is 2. The number of aromatic hydroxyl groups is 1. The summed E-state index contributed by atoms with van der Waals surface area (Å²) in [6, 6.07) is 13.0. The number of rotatable bonds is 13. The fourth-order valence-corrected chi connectivity index (χ4v) is 8.26. The first-order valence-electron chi connectivity index (χ1n) is 16.6. The molecule has 0 aromatic heterocycles. The summed E-state index contributed by atoms with van der Waals surface area (Å²) in [5.41, 5.74) is 3.47. The lowest BCUT2D eigenvalue weighted by atomic mass is 9.68. The molecule has 9 heteroatoms. The molecule has 2 aromatic carbocycles. The second kappa shape index (κ2) is 15.8. The molecule has 1 saturated heterocycles. The van der Waals surface area contributed by atoms with Crippen LogP contribution in [0, 0.1) is 21.3 Å². The van der Waals surface area contributed by atoms with E-state index >= 15 is 0 Å². The van der Waals surface area contributed by atoms with E-state index in [-0.39, 0.29) is 36.8 Å². The highest BCUT2D eigenvalue weighted by molar-refractivity contribution is 14.1. The molecule has 0 bridgehead atoms. The Morgan fingerprint density at radius 1 is 1.09 bits per heavy atom. The fourth-order valence-electron chi connectivity index (χ4n) is 7.64. The molecule has 2 amide bonds. The van der Waals surface area contributed by atoms with Crippen LogP contribution in [0.3, 0.4) is 0 Å². The van der Waals surface area contributed by atoms with Gasteiger partial charge in [-0.1, -0.05) is 62.5 Å². The Balaban J connectivity index is 1.43. The van der Waals surface area contributed by atoms with E-state index in [1.54, 1.807) is 6.07 Å². The zero-order valence-electron chi connectivity index (χ0n) is 26.8. The van der Waals surface area contributed by atoms with Gasteiger partial charge in [0.15, 0.2) is 11.5 Å². The number of hydrogen-bond donors (Lipinski definition) is 3. The molecular formula is C37H46INO7. The number of ether oxygens (including phenoxy) is 2. The molecule has 4 atom stereocenters. The summed E-state index contributed by atoms with van der Waals surface area (Å²) in [6.45, 7) is 1.95. The zero-order valence-corrected chi connectivity index (χ0v) is 28.9. The van der Waals surface area contributed by atoms with Crippen LogP contribution in [0.1, 0.15) is 76.7 Å². The van der Waals surface area contributed by atoms with Crippen molar-refractivity contribution in [1.82, 2.24) is 4.90 Å². The number of phenolic OH excluding ortho intramolecular Hbond substituents is 1. The number of nitrogens with zero attached hydrogens (tertiary/aromatic N) is 1. The van der Waals surface area contributed by atoms with Gasteiger partial charge < -0.3 is 24.8 Å². The average molecular weight is 744 g/mol. The molecule has 1 saturated carbocycles. The van der Waals surface area contributed by atoms with Gasteiger partial charge in [-0.25, -0.2) is 0 Å². The molecule has 0 radical (unpaired) electrons. The summed E-state index contributed by atoms with van der Waals surface area (Å²) in [6.07, 6.45) is 9.00. The minimum Gasteiger partial charge on any atom is -0.504 e. The topological polar surface area (TPSA) is 117 Å². The summed E-state index contributed by atoms with van der Waals surface area (Å²) in [7, 11) is 1.53. The van der Waals surface area contributed by atoms with Crippen LogP contribution in [0.15, 0.2) is 59.2 Å². The lowest BCUT2D eigenvalue weighted by Gasteiger charge is -2.36. The Kier molecular flexibility index (Phi) is 11.8. The lowest BCUT2D eigenvalue weighted by Crippen LogP contribution is -2.42. The van der Waals surface area contributed by atoms with Gasteiger partial charge in [0.05, 0.1) is 35.2 Å². The van der Waals surface area contributed by atoms with Crippen LogP contribution in [0.4, 0.5) is 0 Å². The SMILES string of the molecule is CCC/C(=C\c1cc(I)c(O)c(OC)c1)CC[C@@H](O)C1=C(COc2ccccc2)C[C@H]2C(=O)N(C3CCCCC3)C(=O)[C@H]2[C@H]1CO. The number of para-hydroxylation sites is 1. The molecule has 3 N–H and O–H groups in total. The van der Waals surface area contributed by atoms with Gasteiger partial charge in [0.2, 0.25) is 11.8 Å². The van der Waals surface area contributed by atoms with Gasteiger partial charge in [0, 0.05) is 12.0 Å². The Morgan fingerprint density at radius 3 is 2.50 bits per heavy atom. The van der Waals surface area contributed by atoms with E-state index in [2.05, 4.69) is 35.6 Å². The van der Waals surface area contributed by atoms with Crippen molar-refractivity contribution in [3.63, 3.8) is 0 Å². The van der Waals surface area contributed by atoms with Crippen molar-refractivity contribution in [3.8, 4) is 17.2 Å². The van der Waals surface area contributed by atoms with Crippen LogP contribution in [0.25, 0.3) is 6.08 Å². The molecule has 2 aliphatic carbocycles. The van der Waals surface area contributed by atoms with Gasteiger partial charge in [0.1, 0.15) is 12.4 Å². The monoisotopic (exact) mass is 743 g/mol. The highest BCUT2D eigenvalue weighted by atomic mass is 127.